The van der Waals surface area contributed by atoms with Gasteiger partial charge in [0.25, 0.3) is 0 Å². The number of aromatic nitrogens is 1. The Bertz CT molecular complexity index is 946. The fourth-order valence-corrected chi connectivity index (χ4v) is 5.34. The topological polar surface area (TPSA) is 60.5 Å². The second-order valence-corrected chi connectivity index (χ2v) is 8.73. The van der Waals surface area contributed by atoms with Crippen LogP contribution in [0.1, 0.15) is 38.3 Å². The van der Waals surface area contributed by atoms with Gasteiger partial charge in [0.15, 0.2) is 0 Å². The molecule has 32 heavy (non-hydrogen) atoms. The summed E-state index contributed by atoms with van der Waals surface area (Å²) in [6, 6.07) is 10.6. The van der Waals surface area contributed by atoms with E-state index in [0.29, 0.717) is 24.4 Å². The molecule has 1 aromatic heterocycles. The minimum absolute atomic E-state index is 0.174. The van der Waals surface area contributed by atoms with Crippen LogP contribution in [-0.4, -0.2) is 36.9 Å². The number of pyridine rings is 1. The van der Waals surface area contributed by atoms with Crippen LogP contribution < -0.4 is 5.32 Å². The lowest BCUT2D eigenvalue weighted by Crippen LogP contribution is -2.40. The molecule has 0 saturated heterocycles. The molecule has 5 nitrogen and oxygen atoms in total. The van der Waals surface area contributed by atoms with Crippen molar-refractivity contribution < 1.29 is 18.7 Å². The Morgan fingerprint density at radius 1 is 1.22 bits per heavy atom. The molecule has 2 saturated carbocycles. The Labute approximate surface area is 189 Å². The summed E-state index contributed by atoms with van der Waals surface area (Å²) >= 11 is 0. The number of ether oxygens (including phenoxy) is 2. The van der Waals surface area contributed by atoms with E-state index in [2.05, 4.69) is 22.5 Å². The van der Waals surface area contributed by atoms with E-state index in [-0.39, 0.29) is 24.1 Å². The Kier molecular flexibility index (Phi) is 7.20. The summed E-state index contributed by atoms with van der Waals surface area (Å²) in [4.78, 5) is 16.3. The first-order valence-electron chi connectivity index (χ1n) is 11.4. The molecule has 1 heterocycles. The monoisotopic (exact) mass is 438 g/mol. The first kappa shape index (κ1) is 22.5. The number of hydrogen-bond donors (Lipinski definition) is 1. The molecule has 4 rings (SSSR count). The molecule has 1 N–H and O–H groups in total. The van der Waals surface area contributed by atoms with E-state index in [1.807, 2.05) is 25.1 Å². The van der Waals surface area contributed by atoms with E-state index in [1.54, 1.807) is 19.4 Å². The quantitative estimate of drug-likeness (QED) is 0.650. The molecule has 0 spiro atoms. The number of fused-ring (bicyclic) bond motifs is 1. The zero-order valence-electron chi connectivity index (χ0n) is 18.7. The molecule has 6 heteroatoms. The highest BCUT2D eigenvalue weighted by Crippen LogP contribution is 2.47. The van der Waals surface area contributed by atoms with Crippen LogP contribution in [0.5, 0.6) is 0 Å². The van der Waals surface area contributed by atoms with Crippen molar-refractivity contribution in [3.63, 3.8) is 0 Å². The van der Waals surface area contributed by atoms with E-state index < -0.39 is 0 Å². The van der Waals surface area contributed by atoms with Crippen molar-refractivity contribution >= 4 is 12.2 Å². The molecule has 1 aromatic carbocycles. The summed E-state index contributed by atoms with van der Waals surface area (Å²) < 4.78 is 24.3. The molecule has 5 atom stereocenters. The smallest absolute Gasteiger partial charge is 0.407 e. The third-order valence-corrected chi connectivity index (χ3v) is 6.83. The third kappa shape index (κ3) is 5.18. The van der Waals surface area contributed by atoms with Gasteiger partial charge in [0.2, 0.25) is 0 Å². The van der Waals surface area contributed by atoms with Crippen molar-refractivity contribution in [2.24, 2.45) is 17.8 Å². The molecule has 2 aliphatic carbocycles. The highest BCUT2D eigenvalue weighted by molar-refractivity contribution is 5.67. The van der Waals surface area contributed by atoms with Gasteiger partial charge in [-0.2, -0.15) is 0 Å². The van der Waals surface area contributed by atoms with Crippen LogP contribution in [-0.2, 0) is 9.47 Å². The fraction of sp³-hybridized carbons (Fsp3) is 0.462. The van der Waals surface area contributed by atoms with E-state index in [9.17, 15) is 9.18 Å². The van der Waals surface area contributed by atoms with Crippen molar-refractivity contribution in [1.29, 1.82) is 0 Å². The molecule has 1 amide bonds. The third-order valence-electron chi connectivity index (χ3n) is 6.83. The molecular formula is C26H31FN2O3. The predicted octanol–water partition coefficient (Wildman–Crippen LogP) is 5.47. The lowest BCUT2D eigenvalue weighted by atomic mass is 9.76. The number of alkyl carbamates (subject to hydrolysis) is 1. The van der Waals surface area contributed by atoms with Crippen LogP contribution in [0.4, 0.5) is 9.18 Å². The summed E-state index contributed by atoms with van der Waals surface area (Å²) in [7, 11) is 1.78. The maximum absolute atomic E-state index is 13.5. The highest BCUT2D eigenvalue weighted by Gasteiger charge is 2.45. The van der Waals surface area contributed by atoms with E-state index in [0.717, 1.165) is 42.5 Å². The number of methoxy groups -OCH3 is 1. The van der Waals surface area contributed by atoms with Crippen LogP contribution in [0.2, 0.25) is 0 Å². The summed E-state index contributed by atoms with van der Waals surface area (Å²) in [5.74, 6) is 1.15. The predicted molar refractivity (Wildman–Crippen MR) is 122 cm³/mol. The van der Waals surface area contributed by atoms with Crippen LogP contribution >= 0.6 is 0 Å². The van der Waals surface area contributed by atoms with E-state index in [1.165, 1.54) is 12.1 Å². The number of carbonyl (C=O) groups excluding carboxylic acids is 1. The van der Waals surface area contributed by atoms with Gasteiger partial charge >= 0.3 is 6.09 Å². The van der Waals surface area contributed by atoms with Crippen molar-refractivity contribution in [2.75, 3.05) is 13.7 Å². The normalized spacial score (nSPS) is 27.3. The largest absolute Gasteiger partial charge is 0.450 e. The van der Waals surface area contributed by atoms with Crippen LogP contribution in [0, 0.1) is 23.6 Å². The number of rotatable bonds is 6. The number of nitrogens with zero attached hydrogens (tertiary/aromatic N) is 1. The number of amides is 1. The number of benzene rings is 1. The summed E-state index contributed by atoms with van der Waals surface area (Å²) in [5, 5.41) is 3.01. The Hall–Kier alpha value is -2.73. The van der Waals surface area contributed by atoms with Gasteiger partial charge in [-0.15, -0.1) is 0 Å². The van der Waals surface area contributed by atoms with Gasteiger partial charge in [0, 0.05) is 30.8 Å². The molecular weight excluding hydrogens is 407 g/mol. The Balaban J connectivity index is 1.40. The average molecular weight is 439 g/mol. The van der Waals surface area contributed by atoms with Gasteiger partial charge in [-0.05, 0) is 74.3 Å². The van der Waals surface area contributed by atoms with Gasteiger partial charge in [0.1, 0.15) is 5.82 Å². The lowest BCUT2D eigenvalue weighted by molar-refractivity contribution is 0.0778. The standard InChI is InChI=1S/C26H31FN2O3/c1-3-32-26(30)29-22-10-11-23-19(14-22)15-25(31-2)24(23)12-9-21-8-7-18(16-28-21)17-5-4-6-20(27)13-17/h4-9,12-13,16,19,22-25H,3,10-11,14-15H2,1-2H3,(H,29,30)/b12-9+/t19-,22?,23-,24+,25+/m1/s1. The van der Waals surface area contributed by atoms with E-state index in [4.69, 9.17) is 9.47 Å². The zero-order valence-corrected chi connectivity index (χ0v) is 18.7. The van der Waals surface area contributed by atoms with Gasteiger partial charge in [-0.1, -0.05) is 24.3 Å². The number of hydrogen-bond acceptors (Lipinski definition) is 4. The fourth-order valence-electron chi connectivity index (χ4n) is 5.34. The van der Waals surface area contributed by atoms with Gasteiger partial charge < -0.3 is 14.8 Å². The number of halogens is 1. The van der Waals surface area contributed by atoms with Crippen molar-refractivity contribution in [1.82, 2.24) is 10.3 Å². The molecule has 0 bridgehead atoms. The van der Waals surface area contributed by atoms with E-state index >= 15 is 0 Å². The maximum atomic E-state index is 13.5. The van der Waals surface area contributed by atoms with Crippen LogP contribution in [0.25, 0.3) is 17.2 Å². The maximum Gasteiger partial charge on any atom is 0.407 e. The molecule has 1 unspecified atom stereocenters. The summed E-state index contributed by atoms with van der Waals surface area (Å²) in [6.45, 7) is 2.21. The summed E-state index contributed by atoms with van der Waals surface area (Å²) in [5.41, 5.74) is 2.59. The molecule has 170 valence electrons. The minimum atomic E-state index is -0.318. The van der Waals surface area contributed by atoms with Gasteiger partial charge in [0.05, 0.1) is 18.4 Å². The Morgan fingerprint density at radius 3 is 2.81 bits per heavy atom. The first-order chi connectivity index (χ1) is 15.6. The average Bonchev–Trinajstić information content (AvgIpc) is 3.15. The second kappa shape index (κ2) is 10.3. The summed E-state index contributed by atoms with van der Waals surface area (Å²) in [6.07, 6.45) is 9.93. The van der Waals surface area contributed by atoms with Gasteiger partial charge in [-0.25, -0.2) is 9.18 Å². The molecule has 2 aromatic rings. The zero-order chi connectivity index (χ0) is 22.5. The van der Waals surface area contributed by atoms with Crippen molar-refractivity contribution in [2.45, 2.75) is 44.8 Å². The molecule has 2 fully saturated rings. The second-order valence-electron chi connectivity index (χ2n) is 8.73. The van der Waals surface area contributed by atoms with Crippen LogP contribution in [0.3, 0.4) is 0 Å². The van der Waals surface area contributed by atoms with Crippen molar-refractivity contribution in [3.05, 3.63) is 60.2 Å². The minimum Gasteiger partial charge on any atom is -0.450 e. The first-order valence-corrected chi connectivity index (χ1v) is 11.4. The number of carbonyl (C=O) groups is 1. The Morgan fingerprint density at radius 2 is 2.09 bits per heavy atom. The lowest BCUT2D eigenvalue weighted by Gasteiger charge is -2.33. The molecule has 0 radical (unpaired) electrons. The SMILES string of the molecule is CCOC(=O)NC1CC[C@@H]2[C@H](C1)C[C@H](OC)[C@H]2/C=C/c1ccc(-c2cccc(F)c2)cn1. The van der Waals surface area contributed by atoms with Gasteiger partial charge in [-0.3, -0.25) is 4.98 Å². The molecule has 0 aliphatic heterocycles. The van der Waals surface area contributed by atoms with Crippen LogP contribution in [0.15, 0.2) is 48.7 Å². The van der Waals surface area contributed by atoms with Crippen molar-refractivity contribution in [3.8, 4) is 11.1 Å². The molecule has 2 aliphatic rings. The number of nitrogens with one attached hydrogen (secondary N) is 1. The highest BCUT2D eigenvalue weighted by atomic mass is 19.1.